The predicted molar refractivity (Wildman–Crippen MR) is 81.8 cm³/mol. The summed E-state index contributed by atoms with van der Waals surface area (Å²) >= 11 is 3.36. The average Bonchev–Trinajstić information content (AvgIpc) is 2.37. The Balaban J connectivity index is 2.25. The highest BCUT2D eigenvalue weighted by Gasteiger charge is 2.08. The fourth-order valence-electron chi connectivity index (χ4n) is 2.04. The van der Waals surface area contributed by atoms with Crippen LogP contribution in [0.4, 0.5) is 15.8 Å². The van der Waals surface area contributed by atoms with Gasteiger partial charge in [0, 0.05) is 18.1 Å². The van der Waals surface area contributed by atoms with Crippen molar-refractivity contribution in [2.75, 3.05) is 17.7 Å². The van der Waals surface area contributed by atoms with Gasteiger partial charge < -0.3 is 10.6 Å². The zero-order valence-corrected chi connectivity index (χ0v) is 12.5. The second-order valence-corrected chi connectivity index (χ2v) is 5.43. The van der Waals surface area contributed by atoms with Crippen LogP contribution < -0.4 is 10.6 Å². The van der Waals surface area contributed by atoms with Gasteiger partial charge in [0.1, 0.15) is 5.82 Å². The maximum atomic E-state index is 13.4. The molecule has 2 aromatic rings. The molecule has 0 spiro atoms. The highest BCUT2D eigenvalue weighted by atomic mass is 79.9. The van der Waals surface area contributed by atoms with Crippen LogP contribution in [0.2, 0.25) is 0 Å². The number of hydrogen-bond acceptors (Lipinski definition) is 3. The Hall–Kier alpha value is -2.06. The van der Waals surface area contributed by atoms with Crippen molar-refractivity contribution in [2.45, 2.75) is 6.54 Å². The van der Waals surface area contributed by atoms with Gasteiger partial charge in [-0.25, -0.2) is 4.39 Å². The van der Waals surface area contributed by atoms with E-state index in [1.807, 2.05) is 36.2 Å². The second-order valence-electron chi connectivity index (χ2n) is 4.52. The summed E-state index contributed by atoms with van der Waals surface area (Å²) in [4.78, 5) is 1.91. The molecule has 2 N–H and O–H groups in total. The van der Waals surface area contributed by atoms with Gasteiger partial charge in [0.2, 0.25) is 0 Å². The van der Waals surface area contributed by atoms with Crippen molar-refractivity contribution in [1.29, 1.82) is 5.26 Å². The first-order valence-electron chi connectivity index (χ1n) is 5.95. The van der Waals surface area contributed by atoms with E-state index in [9.17, 15) is 4.39 Å². The van der Waals surface area contributed by atoms with E-state index in [0.717, 1.165) is 15.7 Å². The summed E-state index contributed by atoms with van der Waals surface area (Å²) in [5, 5.41) is 8.86. The molecule has 0 aliphatic carbocycles. The lowest BCUT2D eigenvalue weighted by Crippen LogP contribution is -2.18. The molecule has 0 heterocycles. The fraction of sp³-hybridized carbons (Fsp3) is 0.133. The van der Waals surface area contributed by atoms with Gasteiger partial charge in [-0.15, -0.1) is 0 Å². The summed E-state index contributed by atoms with van der Waals surface area (Å²) in [7, 11) is 1.87. The molecule has 2 aromatic carbocycles. The summed E-state index contributed by atoms with van der Waals surface area (Å²) in [6, 6.07) is 11.9. The Bertz CT molecular complexity index is 679. The number of nitrogen functional groups attached to an aromatic ring is 1. The molecule has 20 heavy (non-hydrogen) atoms. The highest BCUT2D eigenvalue weighted by Crippen LogP contribution is 2.27. The standard InChI is InChI=1S/C15H13BrFN3/c1-20(15-3-2-12(16)7-14(15)19)9-11-4-10(8-18)5-13(17)6-11/h2-7H,9,19H2,1H3. The van der Waals surface area contributed by atoms with Gasteiger partial charge in [-0.1, -0.05) is 15.9 Å². The molecule has 0 aliphatic rings. The zero-order chi connectivity index (χ0) is 14.7. The summed E-state index contributed by atoms with van der Waals surface area (Å²) in [6.07, 6.45) is 0. The average molecular weight is 334 g/mol. The minimum absolute atomic E-state index is 0.317. The number of nitrogens with zero attached hydrogens (tertiary/aromatic N) is 2. The molecule has 2 rings (SSSR count). The molecule has 0 atom stereocenters. The lowest BCUT2D eigenvalue weighted by Gasteiger charge is -2.21. The summed E-state index contributed by atoms with van der Waals surface area (Å²) in [5.41, 5.74) is 8.50. The molecule has 5 heteroatoms. The van der Waals surface area contributed by atoms with E-state index < -0.39 is 5.82 Å². The number of hydrogen-bond donors (Lipinski definition) is 1. The molecule has 3 nitrogen and oxygen atoms in total. The molecule has 0 aliphatic heterocycles. The molecule has 0 unspecified atom stereocenters. The Morgan fingerprint density at radius 3 is 2.70 bits per heavy atom. The van der Waals surface area contributed by atoms with Gasteiger partial charge in [0.05, 0.1) is 23.0 Å². The van der Waals surface area contributed by atoms with Crippen molar-refractivity contribution in [3.05, 3.63) is 57.8 Å². The molecule has 0 bridgehead atoms. The first-order chi connectivity index (χ1) is 9.49. The SMILES string of the molecule is CN(Cc1cc(F)cc(C#N)c1)c1ccc(Br)cc1N. The Kier molecular flexibility index (Phi) is 4.26. The van der Waals surface area contributed by atoms with Crippen molar-refractivity contribution in [1.82, 2.24) is 0 Å². The van der Waals surface area contributed by atoms with E-state index in [1.165, 1.54) is 12.1 Å². The Labute approximate surface area is 125 Å². The predicted octanol–water partition coefficient (Wildman–Crippen LogP) is 3.68. The first kappa shape index (κ1) is 14.4. The van der Waals surface area contributed by atoms with E-state index in [0.29, 0.717) is 17.8 Å². The summed E-state index contributed by atoms with van der Waals surface area (Å²) < 4.78 is 14.3. The number of rotatable bonds is 3. The van der Waals surface area contributed by atoms with Crippen LogP contribution in [0, 0.1) is 17.1 Å². The summed E-state index contributed by atoms with van der Waals surface area (Å²) in [5.74, 6) is -0.406. The van der Waals surface area contributed by atoms with Crippen LogP contribution in [0.3, 0.4) is 0 Å². The van der Waals surface area contributed by atoms with E-state index in [4.69, 9.17) is 11.0 Å². The third-order valence-electron chi connectivity index (χ3n) is 2.91. The minimum atomic E-state index is -0.406. The lowest BCUT2D eigenvalue weighted by atomic mass is 10.1. The monoisotopic (exact) mass is 333 g/mol. The number of anilines is 2. The second kappa shape index (κ2) is 5.93. The fourth-order valence-corrected chi connectivity index (χ4v) is 2.42. The van der Waals surface area contributed by atoms with Crippen LogP contribution in [0.5, 0.6) is 0 Å². The third-order valence-corrected chi connectivity index (χ3v) is 3.40. The maximum absolute atomic E-state index is 13.4. The molecule has 0 saturated carbocycles. The van der Waals surface area contributed by atoms with Crippen LogP contribution in [0.1, 0.15) is 11.1 Å². The van der Waals surface area contributed by atoms with Crippen molar-refractivity contribution >= 4 is 27.3 Å². The maximum Gasteiger partial charge on any atom is 0.124 e. The van der Waals surface area contributed by atoms with E-state index in [-0.39, 0.29) is 0 Å². The smallest absolute Gasteiger partial charge is 0.124 e. The lowest BCUT2D eigenvalue weighted by molar-refractivity contribution is 0.624. The molecule has 0 saturated heterocycles. The van der Waals surface area contributed by atoms with Gasteiger partial charge in [-0.2, -0.15) is 5.26 Å². The van der Waals surface area contributed by atoms with Crippen LogP contribution >= 0.6 is 15.9 Å². The van der Waals surface area contributed by atoms with Gasteiger partial charge in [0.15, 0.2) is 0 Å². The van der Waals surface area contributed by atoms with E-state index >= 15 is 0 Å². The van der Waals surface area contributed by atoms with Crippen molar-refractivity contribution in [3.8, 4) is 6.07 Å². The normalized spacial score (nSPS) is 10.1. The Morgan fingerprint density at radius 2 is 2.05 bits per heavy atom. The third kappa shape index (κ3) is 3.28. The van der Waals surface area contributed by atoms with E-state index in [2.05, 4.69) is 15.9 Å². The Morgan fingerprint density at radius 1 is 1.30 bits per heavy atom. The van der Waals surface area contributed by atoms with Crippen LogP contribution in [0.25, 0.3) is 0 Å². The molecule has 102 valence electrons. The van der Waals surface area contributed by atoms with E-state index in [1.54, 1.807) is 6.07 Å². The number of nitriles is 1. The van der Waals surface area contributed by atoms with Gasteiger partial charge in [0.25, 0.3) is 0 Å². The topological polar surface area (TPSA) is 53.0 Å². The number of halogens is 2. The van der Waals surface area contributed by atoms with Crippen LogP contribution in [-0.2, 0) is 6.54 Å². The highest BCUT2D eigenvalue weighted by molar-refractivity contribution is 9.10. The van der Waals surface area contributed by atoms with Crippen molar-refractivity contribution < 1.29 is 4.39 Å². The molecule has 0 amide bonds. The van der Waals surface area contributed by atoms with Gasteiger partial charge in [-0.3, -0.25) is 0 Å². The van der Waals surface area contributed by atoms with Gasteiger partial charge >= 0.3 is 0 Å². The van der Waals surface area contributed by atoms with Crippen molar-refractivity contribution in [3.63, 3.8) is 0 Å². The summed E-state index contributed by atoms with van der Waals surface area (Å²) in [6.45, 7) is 0.471. The number of nitrogens with two attached hydrogens (primary N) is 1. The first-order valence-corrected chi connectivity index (χ1v) is 6.74. The van der Waals surface area contributed by atoms with Gasteiger partial charge in [-0.05, 0) is 42.0 Å². The molecule has 0 aromatic heterocycles. The minimum Gasteiger partial charge on any atom is -0.397 e. The molecular formula is C15H13BrFN3. The van der Waals surface area contributed by atoms with Crippen LogP contribution in [-0.4, -0.2) is 7.05 Å². The van der Waals surface area contributed by atoms with Crippen molar-refractivity contribution in [2.24, 2.45) is 0 Å². The van der Waals surface area contributed by atoms with Crippen LogP contribution in [0.15, 0.2) is 40.9 Å². The molecular weight excluding hydrogens is 321 g/mol. The zero-order valence-electron chi connectivity index (χ0n) is 10.9. The molecule has 0 fully saturated rings. The largest absolute Gasteiger partial charge is 0.397 e. The molecule has 0 radical (unpaired) electrons. The number of benzene rings is 2. The quantitative estimate of drug-likeness (QED) is 0.871.